The number of β-amino-alcohol motifs (C(OH)–C–C–N with tert-alkyl or cyclic N) is 1. The monoisotopic (exact) mass is 355 g/mol. The highest BCUT2D eigenvalue weighted by atomic mass is 16.5. The molecule has 1 amide bonds. The van der Waals surface area contributed by atoms with Crippen molar-refractivity contribution in [3.05, 3.63) is 54.1 Å². The molecule has 138 valence electrons. The van der Waals surface area contributed by atoms with Gasteiger partial charge in [-0.05, 0) is 18.9 Å². The van der Waals surface area contributed by atoms with Crippen LogP contribution in [-0.2, 0) is 16.1 Å². The number of likely N-dealkylation sites (tertiary alicyclic amines) is 1. The molecule has 2 aliphatic rings. The van der Waals surface area contributed by atoms with Gasteiger partial charge in [0.05, 0.1) is 13.2 Å². The minimum atomic E-state index is -0.629. The van der Waals surface area contributed by atoms with Crippen molar-refractivity contribution in [2.45, 2.75) is 43.9 Å². The van der Waals surface area contributed by atoms with E-state index in [1.165, 1.54) is 5.56 Å². The molecule has 3 heterocycles. The van der Waals surface area contributed by atoms with Gasteiger partial charge >= 0.3 is 0 Å². The molecule has 4 rings (SSSR count). The highest BCUT2D eigenvalue weighted by Crippen LogP contribution is 2.42. The summed E-state index contributed by atoms with van der Waals surface area (Å²) >= 11 is 0. The van der Waals surface area contributed by atoms with E-state index < -0.39 is 11.7 Å². The standard InChI is InChI=1S/C20H25N3O3/c1-15-21-8-10-22(15)9-7-19(25)23-12-18(24)20(14-23)11-17(13-26-20)16-5-3-2-4-6-16/h2-6,8,10,17-18,24H,7,9,11-14H2,1H3/t17-,18+,20+/m0/s1. The number of aromatic nitrogens is 2. The summed E-state index contributed by atoms with van der Waals surface area (Å²) in [6.45, 7) is 3.95. The number of carbonyl (C=O) groups is 1. The lowest BCUT2D eigenvalue weighted by Crippen LogP contribution is -2.41. The molecule has 6 nitrogen and oxygen atoms in total. The Morgan fingerprint density at radius 2 is 2.19 bits per heavy atom. The highest BCUT2D eigenvalue weighted by Gasteiger charge is 2.53. The Labute approximate surface area is 153 Å². The van der Waals surface area contributed by atoms with Crippen LogP contribution in [0.3, 0.4) is 0 Å². The topological polar surface area (TPSA) is 67.6 Å². The maximum atomic E-state index is 12.6. The fourth-order valence-corrected chi connectivity index (χ4v) is 4.16. The average Bonchev–Trinajstić information content (AvgIpc) is 3.35. The maximum absolute atomic E-state index is 12.6. The van der Waals surface area contributed by atoms with Crippen molar-refractivity contribution in [2.24, 2.45) is 0 Å². The van der Waals surface area contributed by atoms with Gasteiger partial charge in [-0.1, -0.05) is 30.3 Å². The van der Waals surface area contributed by atoms with E-state index in [4.69, 9.17) is 4.74 Å². The lowest BCUT2D eigenvalue weighted by atomic mass is 9.87. The number of carbonyl (C=O) groups excluding carboxylic acids is 1. The molecule has 0 saturated carbocycles. The number of ether oxygens (including phenoxy) is 1. The number of nitrogens with zero attached hydrogens (tertiary/aromatic N) is 3. The number of aliphatic hydroxyl groups is 1. The van der Waals surface area contributed by atoms with Crippen molar-refractivity contribution < 1.29 is 14.6 Å². The molecule has 1 aromatic heterocycles. The minimum Gasteiger partial charge on any atom is -0.388 e. The van der Waals surface area contributed by atoms with Gasteiger partial charge in [0.15, 0.2) is 0 Å². The number of imidazole rings is 1. The molecular formula is C20H25N3O3. The van der Waals surface area contributed by atoms with Crippen LogP contribution in [0.25, 0.3) is 0 Å². The third kappa shape index (κ3) is 3.15. The molecule has 2 fully saturated rings. The van der Waals surface area contributed by atoms with E-state index in [-0.39, 0.29) is 11.8 Å². The second-order valence-corrected chi connectivity index (χ2v) is 7.40. The van der Waals surface area contributed by atoms with E-state index in [1.54, 1.807) is 11.1 Å². The molecule has 0 bridgehead atoms. The molecular weight excluding hydrogens is 330 g/mol. The molecule has 1 aromatic carbocycles. The van der Waals surface area contributed by atoms with Crippen molar-refractivity contribution in [3.8, 4) is 0 Å². The molecule has 6 heteroatoms. The Kier molecular flexibility index (Phi) is 4.54. The smallest absolute Gasteiger partial charge is 0.224 e. The van der Waals surface area contributed by atoms with E-state index >= 15 is 0 Å². The first-order valence-electron chi connectivity index (χ1n) is 9.20. The van der Waals surface area contributed by atoms with Crippen LogP contribution in [0.2, 0.25) is 0 Å². The molecule has 26 heavy (non-hydrogen) atoms. The number of hydrogen-bond donors (Lipinski definition) is 1. The molecule has 1 spiro atoms. The van der Waals surface area contributed by atoms with E-state index in [0.717, 1.165) is 12.2 Å². The normalized spacial score (nSPS) is 28.2. The van der Waals surface area contributed by atoms with Crippen LogP contribution < -0.4 is 0 Å². The van der Waals surface area contributed by atoms with Crippen LogP contribution in [0.15, 0.2) is 42.7 Å². The number of rotatable bonds is 4. The molecule has 0 aliphatic carbocycles. The first-order chi connectivity index (χ1) is 12.6. The molecule has 3 atom stereocenters. The lowest BCUT2D eigenvalue weighted by Gasteiger charge is -2.26. The zero-order valence-electron chi connectivity index (χ0n) is 15.0. The van der Waals surface area contributed by atoms with Gasteiger partial charge in [0.25, 0.3) is 0 Å². The van der Waals surface area contributed by atoms with E-state index in [9.17, 15) is 9.90 Å². The predicted molar refractivity (Wildman–Crippen MR) is 96.7 cm³/mol. The number of amides is 1. The van der Waals surface area contributed by atoms with Gasteiger partial charge in [-0.2, -0.15) is 0 Å². The van der Waals surface area contributed by atoms with Crippen LogP contribution in [0.5, 0.6) is 0 Å². The van der Waals surface area contributed by atoms with E-state index in [0.29, 0.717) is 32.7 Å². The van der Waals surface area contributed by atoms with Gasteiger partial charge in [-0.3, -0.25) is 4.79 Å². The van der Waals surface area contributed by atoms with Gasteiger partial charge in [-0.25, -0.2) is 4.98 Å². The molecule has 0 unspecified atom stereocenters. The number of hydrogen-bond acceptors (Lipinski definition) is 4. The summed E-state index contributed by atoms with van der Waals surface area (Å²) in [4.78, 5) is 18.5. The van der Waals surface area contributed by atoms with Crippen molar-refractivity contribution >= 4 is 5.91 Å². The van der Waals surface area contributed by atoms with Crippen LogP contribution >= 0.6 is 0 Å². The zero-order chi connectivity index (χ0) is 18.1. The minimum absolute atomic E-state index is 0.0563. The first kappa shape index (κ1) is 17.2. The fraction of sp³-hybridized carbons (Fsp3) is 0.500. The fourth-order valence-electron chi connectivity index (χ4n) is 4.16. The second-order valence-electron chi connectivity index (χ2n) is 7.40. The summed E-state index contributed by atoms with van der Waals surface area (Å²) in [7, 11) is 0. The Hall–Kier alpha value is -2.18. The summed E-state index contributed by atoms with van der Waals surface area (Å²) in [6, 6.07) is 10.3. The predicted octanol–water partition coefficient (Wildman–Crippen LogP) is 1.73. The molecule has 2 saturated heterocycles. The Balaban J connectivity index is 1.38. The summed E-state index contributed by atoms with van der Waals surface area (Å²) in [5.41, 5.74) is 0.609. The van der Waals surface area contributed by atoms with Crippen LogP contribution in [0.1, 0.15) is 30.1 Å². The van der Waals surface area contributed by atoms with Gasteiger partial charge in [0, 0.05) is 37.8 Å². The van der Waals surface area contributed by atoms with E-state index in [1.807, 2.05) is 35.9 Å². The van der Waals surface area contributed by atoms with Crippen molar-refractivity contribution in [1.82, 2.24) is 14.5 Å². The Morgan fingerprint density at radius 3 is 2.92 bits per heavy atom. The number of benzene rings is 1. The summed E-state index contributed by atoms with van der Waals surface area (Å²) in [5, 5.41) is 10.6. The SMILES string of the molecule is Cc1nccn1CCC(=O)N1C[C@@H](O)[C@@]2(C[C@H](c3ccccc3)CO2)C1. The molecule has 1 N–H and O–H groups in total. The van der Waals surface area contributed by atoms with Gasteiger partial charge in [0.2, 0.25) is 5.91 Å². The largest absolute Gasteiger partial charge is 0.388 e. The van der Waals surface area contributed by atoms with Gasteiger partial charge in [0.1, 0.15) is 17.5 Å². The highest BCUT2D eigenvalue weighted by molar-refractivity contribution is 5.76. The number of aryl methyl sites for hydroxylation is 2. The molecule has 2 aromatic rings. The molecule has 2 aliphatic heterocycles. The third-order valence-corrected chi connectivity index (χ3v) is 5.74. The second kappa shape index (κ2) is 6.85. The summed E-state index contributed by atoms with van der Waals surface area (Å²) < 4.78 is 8.04. The maximum Gasteiger partial charge on any atom is 0.224 e. The third-order valence-electron chi connectivity index (χ3n) is 5.74. The zero-order valence-corrected chi connectivity index (χ0v) is 15.0. The van der Waals surface area contributed by atoms with Crippen LogP contribution in [0.4, 0.5) is 0 Å². The molecule has 0 radical (unpaired) electrons. The van der Waals surface area contributed by atoms with Crippen molar-refractivity contribution in [3.63, 3.8) is 0 Å². The van der Waals surface area contributed by atoms with Gasteiger partial charge < -0.3 is 19.3 Å². The number of aliphatic hydroxyl groups excluding tert-OH is 1. The van der Waals surface area contributed by atoms with Crippen molar-refractivity contribution in [1.29, 1.82) is 0 Å². The quantitative estimate of drug-likeness (QED) is 0.907. The summed E-state index contributed by atoms with van der Waals surface area (Å²) in [5.74, 6) is 1.23. The van der Waals surface area contributed by atoms with Crippen LogP contribution in [0, 0.1) is 6.92 Å². The first-order valence-corrected chi connectivity index (χ1v) is 9.20. The average molecular weight is 355 g/mol. The Bertz CT molecular complexity index is 776. The van der Waals surface area contributed by atoms with E-state index in [2.05, 4.69) is 17.1 Å². The summed E-state index contributed by atoms with van der Waals surface area (Å²) in [6.07, 6.45) is 4.15. The Morgan fingerprint density at radius 1 is 1.38 bits per heavy atom. The lowest BCUT2D eigenvalue weighted by molar-refractivity contribution is -0.131. The van der Waals surface area contributed by atoms with Crippen molar-refractivity contribution in [2.75, 3.05) is 19.7 Å². The van der Waals surface area contributed by atoms with Crippen LogP contribution in [-0.4, -0.2) is 56.9 Å². The van der Waals surface area contributed by atoms with Gasteiger partial charge in [-0.15, -0.1) is 0 Å².